The van der Waals surface area contributed by atoms with Gasteiger partial charge in [-0.3, -0.25) is 14.4 Å². The highest BCUT2D eigenvalue weighted by Gasteiger charge is 2.41. The Morgan fingerprint density at radius 3 is 2.65 bits per heavy atom. The summed E-state index contributed by atoms with van der Waals surface area (Å²) in [6, 6.07) is 1.58. The lowest BCUT2D eigenvalue weighted by molar-refractivity contribution is -0.155. The Hall–Kier alpha value is -2.18. The number of fused-ring (bicyclic) bond motifs is 2. The van der Waals surface area contributed by atoms with Gasteiger partial charge in [0.05, 0.1) is 5.92 Å². The lowest BCUT2D eigenvalue weighted by atomic mass is 9.67. The van der Waals surface area contributed by atoms with E-state index in [0.29, 0.717) is 30.2 Å². The average molecular weight is 320 g/mol. The minimum Gasteiger partial charge on any atom is -0.455 e. The van der Waals surface area contributed by atoms with E-state index in [2.05, 4.69) is 10.5 Å². The van der Waals surface area contributed by atoms with Gasteiger partial charge >= 0.3 is 5.97 Å². The standard InChI is InChI=1S/C16H20N2O5/c1-9-5-13(18-23-9)17-14(19)8-22-16(21)12-6-10-3-2-4-11(7-12)15(10)20/h5,10-12H,2-4,6-8H2,1H3,(H,17,18,19)/t10-,11+,12?. The molecule has 1 unspecified atom stereocenters. The zero-order valence-electron chi connectivity index (χ0n) is 13.0. The van der Waals surface area contributed by atoms with Gasteiger partial charge in [-0.25, -0.2) is 0 Å². The van der Waals surface area contributed by atoms with Crippen LogP contribution in [-0.4, -0.2) is 29.4 Å². The van der Waals surface area contributed by atoms with Gasteiger partial charge in [0.15, 0.2) is 12.4 Å². The molecule has 23 heavy (non-hydrogen) atoms. The molecular weight excluding hydrogens is 300 g/mol. The summed E-state index contributed by atoms with van der Waals surface area (Å²) in [7, 11) is 0. The van der Waals surface area contributed by atoms with E-state index in [1.54, 1.807) is 13.0 Å². The molecule has 124 valence electrons. The highest BCUT2D eigenvalue weighted by atomic mass is 16.5. The molecule has 0 aromatic carbocycles. The molecule has 7 nitrogen and oxygen atoms in total. The Balaban J connectivity index is 1.47. The van der Waals surface area contributed by atoms with Crippen LogP contribution in [0, 0.1) is 24.7 Å². The molecule has 1 aromatic rings. The molecule has 1 amide bonds. The van der Waals surface area contributed by atoms with Crippen molar-refractivity contribution in [2.24, 2.45) is 17.8 Å². The molecule has 0 saturated heterocycles. The third-order valence-corrected chi connectivity index (χ3v) is 4.62. The van der Waals surface area contributed by atoms with Gasteiger partial charge in [-0.2, -0.15) is 0 Å². The van der Waals surface area contributed by atoms with Gasteiger partial charge in [0.2, 0.25) is 0 Å². The van der Waals surface area contributed by atoms with Crippen LogP contribution in [0.15, 0.2) is 10.6 Å². The highest BCUT2D eigenvalue weighted by molar-refractivity contribution is 5.92. The molecule has 2 bridgehead atoms. The Bertz CT molecular complexity index is 608. The topological polar surface area (TPSA) is 98.5 Å². The lowest BCUT2D eigenvalue weighted by Crippen LogP contribution is -2.40. The van der Waals surface area contributed by atoms with E-state index in [9.17, 15) is 14.4 Å². The highest BCUT2D eigenvalue weighted by Crippen LogP contribution is 2.40. The van der Waals surface area contributed by atoms with Gasteiger partial charge in [-0.05, 0) is 32.6 Å². The fraction of sp³-hybridized carbons (Fsp3) is 0.625. The van der Waals surface area contributed by atoms with Crippen molar-refractivity contribution in [1.29, 1.82) is 0 Å². The van der Waals surface area contributed by atoms with E-state index in [1.165, 1.54) is 0 Å². The van der Waals surface area contributed by atoms with Crippen LogP contribution in [0.25, 0.3) is 0 Å². The molecule has 2 fully saturated rings. The number of aryl methyl sites for hydroxylation is 1. The first kappa shape index (κ1) is 15.7. The van der Waals surface area contributed by atoms with Crippen LogP contribution in [0.2, 0.25) is 0 Å². The van der Waals surface area contributed by atoms with Crippen molar-refractivity contribution in [2.75, 3.05) is 11.9 Å². The molecule has 3 atom stereocenters. The van der Waals surface area contributed by atoms with E-state index >= 15 is 0 Å². The van der Waals surface area contributed by atoms with Crippen molar-refractivity contribution < 1.29 is 23.6 Å². The number of nitrogens with one attached hydrogen (secondary N) is 1. The van der Waals surface area contributed by atoms with E-state index in [0.717, 1.165) is 19.3 Å². The van der Waals surface area contributed by atoms with Crippen molar-refractivity contribution in [3.63, 3.8) is 0 Å². The monoisotopic (exact) mass is 320 g/mol. The molecular formula is C16H20N2O5. The molecule has 2 aliphatic rings. The summed E-state index contributed by atoms with van der Waals surface area (Å²) >= 11 is 0. The van der Waals surface area contributed by atoms with Gasteiger partial charge in [0.1, 0.15) is 11.5 Å². The summed E-state index contributed by atoms with van der Waals surface area (Å²) < 4.78 is 9.94. The minimum atomic E-state index is -0.460. The SMILES string of the molecule is Cc1cc(NC(=O)COC(=O)C2C[C@H]3CCC[C@@H](C2)C3=O)no1. The maximum atomic E-state index is 12.1. The fourth-order valence-electron chi connectivity index (χ4n) is 3.53. The average Bonchev–Trinajstić information content (AvgIpc) is 2.89. The Morgan fingerprint density at radius 2 is 2.04 bits per heavy atom. The third kappa shape index (κ3) is 3.60. The predicted octanol–water partition coefficient (Wildman–Crippen LogP) is 1.86. The molecule has 0 aliphatic heterocycles. The van der Waals surface area contributed by atoms with Gasteiger partial charge in [-0.1, -0.05) is 11.6 Å². The third-order valence-electron chi connectivity index (χ3n) is 4.62. The number of hydrogen-bond acceptors (Lipinski definition) is 6. The largest absolute Gasteiger partial charge is 0.455 e. The van der Waals surface area contributed by atoms with Crippen molar-refractivity contribution >= 4 is 23.5 Å². The first-order valence-electron chi connectivity index (χ1n) is 7.96. The quantitative estimate of drug-likeness (QED) is 0.850. The summed E-state index contributed by atoms with van der Waals surface area (Å²) in [6.45, 7) is 1.36. The summed E-state index contributed by atoms with van der Waals surface area (Å²) in [6.07, 6.45) is 3.90. The van der Waals surface area contributed by atoms with Gasteiger partial charge < -0.3 is 14.6 Å². The van der Waals surface area contributed by atoms with Crippen molar-refractivity contribution in [3.05, 3.63) is 11.8 Å². The van der Waals surface area contributed by atoms with Gasteiger partial charge in [-0.15, -0.1) is 0 Å². The van der Waals surface area contributed by atoms with Crippen molar-refractivity contribution in [2.45, 2.75) is 39.0 Å². The number of rotatable bonds is 4. The Morgan fingerprint density at radius 1 is 1.35 bits per heavy atom. The fourth-order valence-corrected chi connectivity index (χ4v) is 3.53. The van der Waals surface area contributed by atoms with Crippen LogP contribution in [0.1, 0.15) is 37.9 Å². The maximum Gasteiger partial charge on any atom is 0.309 e. The molecule has 0 radical (unpaired) electrons. The number of amides is 1. The number of nitrogens with zero attached hydrogens (tertiary/aromatic N) is 1. The second kappa shape index (κ2) is 6.52. The van der Waals surface area contributed by atoms with E-state index in [-0.39, 0.29) is 30.3 Å². The molecule has 1 heterocycles. The number of aromatic nitrogens is 1. The van der Waals surface area contributed by atoms with E-state index in [1.807, 2.05) is 0 Å². The molecule has 7 heteroatoms. The maximum absolute atomic E-state index is 12.1. The smallest absolute Gasteiger partial charge is 0.309 e. The van der Waals surface area contributed by atoms with Crippen LogP contribution in [-0.2, 0) is 19.1 Å². The van der Waals surface area contributed by atoms with Crippen LogP contribution < -0.4 is 5.32 Å². The van der Waals surface area contributed by atoms with Crippen LogP contribution >= 0.6 is 0 Å². The summed E-state index contributed by atoms with van der Waals surface area (Å²) in [5.74, 6) is 0.0418. The van der Waals surface area contributed by atoms with Crippen molar-refractivity contribution in [1.82, 2.24) is 5.16 Å². The van der Waals surface area contributed by atoms with Crippen molar-refractivity contribution in [3.8, 4) is 0 Å². The summed E-state index contributed by atoms with van der Waals surface area (Å²) in [4.78, 5) is 35.9. The van der Waals surface area contributed by atoms with E-state index < -0.39 is 5.91 Å². The van der Waals surface area contributed by atoms with Crippen LogP contribution in [0.3, 0.4) is 0 Å². The normalized spacial score (nSPS) is 26.7. The van der Waals surface area contributed by atoms with Gasteiger partial charge in [0, 0.05) is 17.9 Å². The lowest BCUT2D eigenvalue weighted by Gasteiger charge is -2.36. The minimum absolute atomic E-state index is 0.00742. The number of ketones is 1. The zero-order valence-corrected chi connectivity index (χ0v) is 13.0. The number of ether oxygens (including phenoxy) is 1. The number of anilines is 1. The zero-order chi connectivity index (χ0) is 16.4. The number of hydrogen-bond donors (Lipinski definition) is 1. The molecule has 2 aliphatic carbocycles. The first-order valence-corrected chi connectivity index (χ1v) is 7.96. The Kier molecular flexibility index (Phi) is 4.45. The first-order chi connectivity index (χ1) is 11.0. The predicted molar refractivity (Wildman–Crippen MR) is 79.4 cm³/mol. The molecule has 2 saturated carbocycles. The van der Waals surface area contributed by atoms with Crippen LogP contribution in [0.4, 0.5) is 5.82 Å². The second-order valence-corrected chi connectivity index (χ2v) is 6.37. The van der Waals surface area contributed by atoms with E-state index in [4.69, 9.17) is 9.26 Å². The molecule has 3 rings (SSSR count). The number of Topliss-reactive ketones (excluding diaryl/α,β-unsaturated/α-hetero) is 1. The second-order valence-electron chi connectivity index (χ2n) is 6.37. The van der Waals surface area contributed by atoms with Crippen LogP contribution in [0.5, 0.6) is 0 Å². The molecule has 0 spiro atoms. The Labute approximate surface area is 133 Å². The number of carbonyl (C=O) groups excluding carboxylic acids is 3. The molecule has 1 N–H and O–H groups in total. The summed E-state index contributed by atoms with van der Waals surface area (Å²) in [5.41, 5.74) is 0. The van der Waals surface area contributed by atoms with Gasteiger partial charge in [0.25, 0.3) is 5.91 Å². The molecule has 1 aromatic heterocycles. The number of carbonyl (C=O) groups is 3. The summed E-state index contributed by atoms with van der Waals surface area (Å²) in [5, 5.41) is 6.13. The number of esters is 1.